The molecule has 9 nitrogen and oxygen atoms in total. The van der Waals surface area contributed by atoms with Gasteiger partial charge < -0.3 is 14.8 Å². The van der Waals surface area contributed by atoms with E-state index < -0.39 is 29.6 Å². The van der Waals surface area contributed by atoms with Gasteiger partial charge in [-0.3, -0.25) is 24.6 Å². The van der Waals surface area contributed by atoms with Gasteiger partial charge in [0.15, 0.2) is 11.6 Å². The Morgan fingerprint density at radius 3 is 2.34 bits per heavy atom. The number of nitrogens with one attached hydrogen (secondary N) is 2. The summed E-state index contributed by atoms with van der Waals surface area (Å²) in [6.45, 7) is 0.0118. The quantitative estimate of drug-likeness (QED) is 0.381. The Hall–Kier alpha value is -4.73. The molecule has 1 fully saturated rings. The zero-order chi connectivity index (χ0) is 24.9. The lowest BCUT2D eigenvalue weighted by Crippen LogP contribution is -2.30. The minimum absolute atomic E-state index is 0.109. The molecule has 0 aromatic heterocycles. The van der Waals surface area contributed by atoms with Crippen molar-refractivity contribution >= 4 is 23.8 Å². The van der Waals surface area contributed by atoms with E-state index in [0.717, 1.165) is 10.5 Å². The molecule has 0 radical (unpaired) electrons. The molecule has 0 aliphatic carbocycles. The molecule has 1 aliphatic rings. The number of para-hydroxylation sites is 1. The van der Waals surface area contributed by atoms with E-state index in [-0.39, 0.29) is 24.4 Å². The van der Waals surface area contributed by atoms with Crippen LogP contribution in [0, 0.1) is 5.82 Å². The predicted molar refractivity (Wildman–Crippen MR) is 121 cm³/mol. The zero-order valence-electron chi connectivity index (χ0n) is 18.5. The fourth-order valence-corrected chi connectivity index (χ4v) is 3.40. The van der Waals surface area contributed by atoms with E-state index in [1.165, 1.54) is 25.3 Å². The monoisotopic (exact) mass is 477 g/mol. The number of imide groups is 2. The highest BCUT2D eigenvalue weighted by Crippen LogP contribution is 2.25. The number of ether oxygens (including phenoxy) is 2. The van der Waals surface area contributed by atoms with Gasteiger partial charge in [0, 0.05) is 6.54 Å². The molecule has 1 aliphatic heterocycles. The lowest BCUT2D eigenvalue weighted by atomic mass is 10.1. The minimum Gasteiger partial charge on any atom is -0.496 e. The van der Waals surface area contributed by atoms with Crippen LogP contribution >= 0.6 is 0 Å². The third kappa shape index (κ3) is 5.27. The molecule has 0 saturated carbocycles. The second-order valence-electron chi connectivity index (χ2n) is 7.54. The molecule has 2 N–H and O–H groups in total. The van der Waals surface area contributed by atoms with Gasteiger partial charge in [-0.2, -0.15) is 0 Å². The average molecular weight is 477 g/mol. The number of carbonyl (C=O) groups is 4. The van der Waals surface area contributed by atoms with Crippen molar-refractivity contribution in [2.24, 2.45) is 0 Å². The topological polar surface area (TPSA) is 114 Å². The van der Waals surface area contributed by atoms with Gasteiger partial charge in [-0.25, -0.2) is 9.18 Å². The van der Waals surface area contributed by atoms with Gasteiger partial charge in [0.1, 0.15) is 11.5 Å². The van der Waals surface area contributed by atoms with Crippen LogP contribution in [0.15, 0.2) is 66.7 Å². The molecule has 35 heavy (non-hydrogen) atoms. The van der Waals surface area contributed by atoms with E-state index in [1.54, 1.807) is 48.5 Å². The molecule has 4 rings (SSSR count). The number of hydrogen-bond donors (Lipinski definition) is 2. The maximum absolute atomic E-state index is 13.7. The third-order valence-electron chi connectivity index (χ3n) is 5.20. The highest BCUT2D eigenvalue weighted by molar-refractivity contribution is 6.44. The summed E-state index contributed by atoms with van der Waals surface area (Å²) in [5.74, 6) is -2.01. The Kier molecular flexibility index (Phi) is 6.72. The van der Waals surface area contributed by atoms with Crippen LogP contribution < -0.4 is 20.1 Å². The molecule has 0 bridgehead atoms. The van der Waals surface area contributed by atoms with Crippen molar-refractivity contribution in [3.8, 4) is 17.2 Å². The van der Waals surface area contributed by atoms with Crippen molar-refractivity contribution in [3.05, 3.63) is 89.2 Å². The molecule has 0 unspecified atom stereocenters. The van der Waals surface area contributed by atoms with Gasteiger partial charge in [0.2, 0.25) is 0 Å². The van der Waals surface area contributed by atoms with Crippen molar-refractivity contribution in [3.63, 3.8) is 0 Å². The van der Waals surface area contributed by atoms with Gasteiger partial charge >= 0.3 is 17.8 Å². The number of nitrogens with zero attached hydrogens (tertiary/aromatic N) is 1. The second-order valence-corrected chi connectivity index (χ2v) is 7.54. The first-order valence-corrected chi connectivity index (χ1v) is 10.5. The van der Waals surface area contributed by atoms with Crippen molar-refractivity contribution < 1.29 is 33.0 Å². The number of benzene rings is 3. The van der Waals surface area contributed by atoms with Gasteiger partial charge in [-0.05, 0) is 47.5 Å². The molecule has 178 valence electrons. The van der Waals surface area contributed by atoms with Crippen molar-refractivity contribution in [2.75, 3.05) is 7.11 Å². The number of urea groups is 1. The van der Waals surface area contributed by atoms with Crippen molar-refractivity contribution in [1.82, 2.24) is 15.5 Å². The van der Waals surface area contributed by atoms with Crippen LogP contribution in [0.3, 0.4) is 0 Å². The lowest BCUT2D eigenvalue weighted by Gasteiger charge is -2.14. The Labute approximate surface area is 199 Å². The minimum atomic E-state index is -0.994. The summed E-state index contributed by atoms with van der Waals surface area (Å²) in [4.78, 5) is 48.6. The fraction of sp³-hybridized carbons (Fsp3) is 0.120. The van der Waals surface area contributed by atoms with E-state index in [4.69, 9.17) is 9.47 Å². The van der Waals surface area contributed by atoms with Crippen LogP contribution in [-0.4, -0.2) is 35.8 Å². The Morgan fingerprint density at radius 1 is 0.971 bits per heavy atom. The summed E-state index contributed by atoms with van der Waals surface area (Å²) < 4.78 is 24.5. The van der Waals surface area contributed by atoms with Gasteiger partial charge in [0.25, 0.3) is 5.91 Å². The van der Waals surface area contributed by atoms with Crippen LogP contribution in [0.2, 0.25) is 0 Å². The normalized spacial score (nSPS) is 13.0. The van der Waals surface area contributed by atoms with Crippen LogP contribution in [0.5, 0.6) is 17.2 Å². The molecule has 1 heterocycles. The maximum atomic E-state index is 13.7. The summed E-state index contributed by atoms with van der Waals surface area (Å²) in [5.41, 5.74) is 1.43. The number of amides is 5. The number of hydrogen-bond acceptors (Lipinski definition) is 6. The molecule has 10 heteroatoms. The highest BCUT2D eigenvalue weighted by Gasteiger charge is 2.36. The second kappa shape index (κ2) is 10.0. The summed E-state index contributed by atoms with van der Waals surface area (Å²) in [7, 11) is 1.41. The van der Waals surface area contributed by atoms with Crippen LogP contribution in [0.4, 0.5) is 9.18 Å². The van der Waals surface area contributed by atoms with Crippen molar-refractivity contribution in [1.29, 1.82) is 0 Å². The summed E-state index contributed by atoms with van der Waals surface area (Å²) in [5, 5.41) is 4.70. The van der Waals surface area contributed by atoms with Crippen LogP contribution in [-0.2, 0) is 22.7 Å². The molecule has 0 spiro atoms. The molecule has 3 aromatic carbocycles. The molecule has 3 aromatic rings. The first-order valence-electron chi connectivity index (χ1n) is 10.5. The SMILES string of the molecule is COc1ccc(CN2C(=O)NC(=O)C2=O)cc1C(=O)NCc1ccc(Oc2ccccc2F)cc1. The fourth-order valence-electron chi connectivity index (χ4n) is 3.40. The van der Waals surface area contributed by atoms with Crippen LogP contribution in [0.1, 0.15) is 21.5 Å². The third-order valence-corrected chi connectivity index (χ3v) is 5.20. The molecular formula is C25H20FN3O6. The van der Waals surface area contributed by atoms with Gasteiger partial charge in [0.05, 0.1) is 19.2 Å². The first-order chi connectivity index (χ1) is 16.9. The average Bonchev–Trinajstić information content (AvgIpc) is 3.10. The van der Waals surface area contributed by atoms with E-state index in [9.17, 15) is 23.6 Å². The molecule has 0 atom stereocenters. The first kappa shape index (κ1) is 23.4. The van der Waals surface area contributed by atoms with Crippen molar-refractivity contribution in [2.45, 2.75) is 13.1 Å². The maximum Gasteiger partial charge on any atom is 0.331 e. The Balaban J connectivity index is 1.41. The summed E-state index contributed by atoms with van der Waals surface area (Å²) in [6, 6.07) is 16.7. The Bertz CT molecular complexity index is 1310. The molecule has 5 amide bonds. The predicted octanol–water partition coefficient (Wildman–Crippen LogP) is 3.14. The summed E-state index contributed by atoms with van der Waals surface area (Å²) >= 11 is 0. The Morgan fingerprint density at radius 2 is 1.69 bits per heavy atom. The van der Waals surface area contributed by atoms with E-state index in [1.807, 2.05) is 5.32 Å². The highest BCUT2D eigenvalue weighted by atomic mass is 19.1. The lowest BCUT2D eigenvalue weighted by molar-refractivity contribution is -0.140. The number of carbonyl (C=O) groups excluding carboxylic acids is 4. The largest absolute Gasteiger partial charge is 0.496 e. The summed E-state index contributed by atoms with van der Waals surface area (Å²) in [6.07, 6.45) is 0. The standard InChI is InChI=1S/C25H20FN3O6/c1-34-20-11-8-16(14-29-24(32)23(31)28-25(29)33)12-18(20)22(30)27-13-15-6-9-17(10-7-15)35-21-5-3-2-4-19(21)26/h2-12H,13-14H2,1H3,(H,27,30)(H,28,31,33). The number of methoxy groups -OCH3 is 1. The van der Waals surface area contributed by atoms with E-state index in [2.05, 4.69) is 5.32 Å². The van der Waals surface area contributed by atoms with Gasteiger partial charge in [-0.15, -0.1) is 0 Å². The number of rotatable bonds is 8. The molecular weight excluding hydrogens is 457 g/mol. The number of halogens is 1. The van der Waals surface area contributed by atoms with E-state index in [0.29, 0.717) is 17.1 Å². The smallest absolute Gasteiger partial charge is 0.331 e. The zero-order valence-corrected chi connectivity index (χ0v) is 18.5. The van der Waals surface area contributed by atoms with Gasteiger partial charge in [-0.1, -0.05) is 30.3 Å². The van der Waals surface area contributed by atoms with E-state index >= 15 is 0 Å². The molecule has 1 saturated heterocycles. The van der Waals surface area contributed by atoms with Crippen LogP contribution in [0.25, 0.3) is 0 Å².